The minimum atomic E-state index is -0.734. The average molecular weight is 311 g/mol. The molecule has 0 radical (unpaired) electrons. The third-order valence-electron chi connectivity index (χ3n) is 4.09. The smallest absolute Gasteiger partial charge is 0.315 e. The Bertz CT molecular complexity index is 460. The van der Waals surface area contributed by atoms with Gasteiger partial charge in [-0.25, -0.2) is 9.78 Å². The van der Waals surface area contributed by atoms with E-state index in [-0.39, 0.29) is 6.03 Å². The lowest BCUT2D eigenvalue weighted by Crippen LogP contribution is -2.46. The van der Waals surface area contributed by atoms with Crippen molar-refractivity contribution in [2.45, 2.75) is 64.5 Å². The van der Waals surface area contributed by atoms with Crippen LogP contribution in [0.2, 0.25) is 0 Å². The highest BCUT2D eigenvalue weighted by Crippen LogP contribution is 2.26. The quantitative estimate of drug-likeness (QED) is 0.748. The Kier molecular flexibility index (Phi) is 5.58. The Balaban J connectivity index is 1.74. The highest BCUT2D eigenvalue weighted by atomic mass is 32.1. The van der Waals surface area contributed by atoms with E-state index in [1.165, 1.54) is 17.7 Å². The predicted molar refractivity (Wildman–Crippen MR) is 84.5 cm³/mol. The van der Waals surface area contributed by atoms with Crippen LogP contribution in [0.1, 0.15) is 54.1 Å². The Morgan fingerprint density at radius 2 is 1.90 bits per heavy atom. The van der Waals surface area contributed by atoms with Crippen molar-refractivity contribution in [1.29, 1.82) is 0 Å². The molecule has 0 saturated heterocycles. The molecular formula is C15H25N3O2S. The number of nitrogens with zero attached hydrogens (tertiary/aromatic N) is 1. The van der Waals surface area contributed by atoms with Gasteiger partial charge < -0.3 is 15.7 Å². The van der Waals surface area contributed by atoms with Crippen LogP contribution in [0.15, 0.2) is 0 Å². The van der Waals surface area contributed by atoms with Crippen molar-refractivity contribution in [3.05, 3.63) is 15.6 Å². The van der Waals surface area contributed by atoms with Crippen molar-refractivity contribution in [2.75, 3.05) is 6.54 Å². The minimum absolute atomic E-state index is 0.238. The standard InChI is InChI=1S/C15H25N3O2S/c1-11-12(2)21-13(18-11)9-16-14(19)17-10-15(20)7-5-3-4-6-8-15/h20H,3-10H2,1-2H3,(H2,16,17,19). The van der Waals surface area contributed by atoms with Crippen LogP contribution >= 0.6 is 11.3 Å². The number of thiazole rings is 1. The van der Waals surface area contributed by atoms with Gasteiger partial charge in [-0.3, -0.25) is 0 Å². The van der Waals surface area contributed by atoms with Gasteiger partial charge in [-0.2, -0.15) is 0 Å². The van der Waals surface area contributed by atoms with Gasteiger partial charge >= 0.3 is 6.03 Å². The van der Waals surface area contributed by atoms with E-state index in [0.29, 0.717) is 13.1 Å². The highest BCUT2D eigenvalue weighted by Gasteiger charge is 2.28. The van der Waals surface area contributed by atoms with Crippen molar-refractivity contribution in [3.8, 4) is 0 Å². The maximum Gasteiger partial charge on any atom is 0.315 e. The zero-order valence-electron chi connectivity index (χ0n) is 12.9. The zero-order valence-corrected chi connectivity index (χ0v) is 13.7. The normalized spacial score (nSPS) is 18.0. The molecule has 1 fully saturated rings. The minimum Gasteiger partial charge on any atom is -0.388 e. The lowest BCUT2D eigenvalue weighted by atomic mass is 9.95. The van der Waals surface area contributed by atoms with E-state index in [0.717, 1.165) is 36.4 Å². The number of carbonyl (C=O) groups excluding carboxylic acids is 1. The van der Waals surface area contributed by atoms with Crippen LogP contribution in [-0.2, 0) is 6.54 Å². The summed E-state index contributed by atoms with van der Waals surface area (Å²) in [6, 6.07) is -0.238. The molecule has 6 heteroatoms. The number of hydrogen-bond acceptors (Lipinski definition) is 4. The van der Waals surface area contributed by atoms with Gasteiger partial charge in [-0.05, 0) is 26.7 Å². The number of hydrogen-bond donors (Lipinski definition) is 3. The summed E-state index contributed by atoms with van der Waals surface area (Å²) < 4.78 is 0. The summed E-state index contributed by atoms with van der Waals surface area (Å²) in [5.41, 5.74) is 0.285. The van der Waals surface area contributed by atoms with Crippen molar-refractivity contribution < 1.29 is 9.90 Å². The van der Waals surface area contributed by atoms with Gasteiger partial charge in [0, 0.05) is 11.4 Å². The van der Waals surface area contributed by atoms with Crippen LogP contribution in [-0.4, -0.2) is 28.3 Å². The Labute approximate surface area is 130 Å². The summed E-state index contributed by atoms with van der Waals surface area (Å²) in [7, 11) is 0. The number of rotatable bonds is 4. The molecule has 0 unspecified atom stereocenters. The summed E-state index contributed by atoms with van der Waals surface area (Å²) in [6.45, 7) is 4.76. The molecule has 5 nitrogen and oxygen atoms in total. The summed E-state index contributed by atoms with van der Waals surface area (Å²) in [5, 5.41) is 17.0. The van der Waals surface area contributed by atoms with E-state index < -0.39 is 5.60 Å². The molecule has 1 aromatic heterocycles. The molecule has 2 amide bonds. The van der Waals surface area contributed by atoms with Crippen LogP contribution in [0, 0.1) is 13.8 Å². The van der Waals surface area contributed by atoms with Gasteiger partial charge in [0.05, 0.1) is 17.8 Å². The molecule has 118 valence electrons. The molecule has 0 atom stereocenters. The molecule has 1 aliphatic carbocycles. The van der Waals surface area contributed by atoms with Gasteiger partial charge in [-0.1, -0.05) is 25.7 Å². The van der Waals surface area contributed by atoms with Gasteiger partial charge in [0.2, 0.25) is 0 Å². The maximum atomic E-state index is 11.8. The van der Waals surface area contributed by atoms with E-state index in [2.05, 4.69) is 15.6 Å². The monoisotopic (exact) mass is 311 g/mol. The van der Waals surface area contributed by atoms with Gasteiger partial charge in [-0.15, -0.1) is 11.3 Å². The number of aryl methyl sites for hydroxylation is 2. The molecule has 1 aromatic rings. The van der Waals surface area contributed by atoms with Gasteiger partial charge in [0.15, 0.2) is 0 Å². The molecule has 0 spiro atoms. The summed E-state index contributed by atoms with van der Waals surface area (Å²) in [6.07, 6.45) is 5.99. The van der Waals surface area contributed by atoms with Crippen LogP contribution in [0.4, 0.5) is 4.79 Å². The van der Waals surface area contributed by atoms with Crippen molar-refractivity contribution in [2.24, 2.45) is 0 Å². The molecule has 0 aliphatic heterocycles. The lowest BCUT2D eigenvalue weighted by molar-refractivity contribution is 0.0277. The Hall–Kier alpha value is -1.14. The highest BCUT2D eigenvalue weighted by molar-refractivity contribution is 7.11. The fourth-order valence-corrected chi connectivity index (χ4v) is 3.52. The molecule has 1 heterocycles. The molecule has 2 rings (SSSR count). The van der Waals surface area contributed by atoms with E-state index in [9.17, 15) is 9.90 Å². The average Bonchev–Trinajstić information content (AvgIpc) is 2.64. The largest absolute Gasteiger partial charge is 0.388 e. The third-order valence-corrected chi connectivity index (χ3v) is 5.16. The van der Waals surface area contributed by atoms with E-state index in [4.69, 9.17) is 0 Å². The van der Waals surface area contributed by atoms with Crippen molar-refractivity contribution in [1.82, 2.24) is 15.6 Å². The number of amides is 2. The summed E-state index contributed by atoms with van der Waals surface area (Å²) in [5.74, 6) is 0. The van der Waals surface area contributed by atoms with Crippen molar-refractivity contribution in [3.63, 3.8) is 0 Å². The number of nitrogens with one attached hydrogen (secondary N) is 2. The SMILES string of the molecule is Cc1nc(CNC(=O)NCC2(O)CCCCCC2)sc1C. The molecule has 1 aliphatic rings. The van der Waals surface area contributed by atoms with Gasteiger partial charge in [0.1, 0.15) is 5.01 Å². The topological polar surface area (TPSA) is 74.2 Å². The fraction of sp³-hybridized carbons (Fsp3) is 0.733. The fourth-order valence-electron chi connectivity index (χ4n) is 2.64. The third kappa shape index (κ3) is 4.97. The Morgan fingerprint density at radius 1 is 1.24 bits per heavy atom. The zero-order chi connectivity index (χ0) is 15.3. The molecular weight excluding hydrogens is 286 g/mol. The molecule has 3 N–H and O–H groups in total. The maximum absolute atomic E-state index is 11.8. The number of carbonyl (C=O) groups is 1. The molecule has 0 bridgehead atoms. The summed E-state index contributed by atoms with van der Waals surface area (Å²) in [4.78, 5) is 17.4. The number of aliphatic hydroxyl groups is 1. The number of aromatic nitrogens is 1. The van der Waals surface area contributed by atoms with Gasteiger partial charge in [0.25, 0.3) is 0 Å². The first kappa shape index (κ1) is 16.2. The second-order valence-corrected chi connectivity index (χ2v) is 7.21. The van der Waals surface area contributed by atoms with Crippen LogP contribution < -0.4 is 10.6 Å². The van der Waals surface area contributed by atoms with E-state index >= 15 is 0 Å². The molecule has 1 saturated carbocycles. The first-order valence-electron chi connectivity index (χ1n) is 7.65. The van der Waals surface area contributed by atoms with Crippen molar-refractivity contribution >= 4 is 17.4 Å². The van der Waals surface area contributed by atoms with E-state index in [1.807, 2.05) is 13.8 Å². The second-order valence-electron chi connectivity index (χ2n) is 5.92. The van der Waals surface area contributed by atoms with Crippen LogP contribution in [0.3, 0.4) is 0 Å². The van der Waals surface area contributed by atoms with E-state index in [1.54, 1.807) is 11.3 Å². The predicted octanol–water partition coefficient (Wildman–Crippen LogP) is 2.64. The molecule has 0 aromatic carbocycles. The van der Waals surface area contributed by atoms with Crippen LogP contribution in [0.25, 0.3) is 0 Å². The number of urea groups is 1. The first-order chi connectivity index (χ1) is 9.98. The second kappa shape index (κ2) is 7.22. The lowest BCUT2D eigenvalue weighted by Gasteiger charge is -2.26. The van der Waals surface area contributed by atoms with Crippen LogP contribution in [0.5, 0.6) is 0 Å². The Morgan fingerprint density at radius 3 is 2.48 bits per heavy atom. The molecule has 21 heavy (non-hydrogen) atoms. The summed E-state index contributed by atoms with van der Waals surface area (Å²) >= 11 is 1.60. The first-order valence-corrected chi connectivity index (χ1v) is 8.47.